The van der Waals surface area contributed by atoms with Crippen LogP contribution in [0.15, 0.2) is 24.3 Å². The third-order valence-corrected chi connectivity index (χ3v) is 2.96. The van der Waals surface area contributed by atoms with Crippen LogP contribution in [-0.2, 0) is 14.3 Å². The fraction of sp³-hybridized carbons (Fsp3) is 0.467. The summed E-state index contributed by atoms with van der Waals surface area (Å²) in [5, 5.41) is 1.64. The van der Waals surface area contributed by atoms with Crippen LogP contribution in [0, 0.1) is 0 Å². The fourth-order valence-corrected chi connectivity index (χ4v) is 1.77. The van der Waals surface area contributed by atoms with Gasteiger partial charge in [0.15, 0.2) is 6.04 Å². The number of rotatable bonds is 7. The average molecular weight is 333 g/mol. The number of nitrogens with one attached hydrogen (secondary N) is 1. The number of amides is 1. The number of methoxy groups -OCH3 is 1. The summed E-state index contributed by atoms with van der Waals surface area (Å²) in [5.41, 5.74) is 0.105. The van der Waals surface area contributed by atoms with E-state index in [1.807, 2.05) is 6.92 Å². The molecule has 1 aromatic carbocycles. The third-order valence-electron chi connectivity index (χ3n) is 2.96. The molecule has 1 rings (SSSR count). The number of carbonyl (C=O) groups is 2. The molecule has 0 fully saturated rings. The van der Waals surface area contributed by atoms with E-state index in [1.165, 1.54) is 18.2 Å². The molecule has 1 unspecified atom stereocenters. The molecule has 1 aromatic rings. The molecule has 8 heteroatoms. The molecule has 0 spiro atoms. The molecular formula is C15H18F3NO4. The summed E-state index contributed by atoms with van der Waals surface area (Å²) in [6.45, 7) is 2.30. The highest BCUT2D eigenvalue weighted by Crippen LogP contribution is 2.27. The van der Waals surface area contributed by atoms with E-state index in [-0.39, 0.29) is 11.3 Å². The summed E-state index contributed by atoms with van der Waals surface area (Å²) >= 11 is 0. The zero-order valence-electron chi connectivity index (χ0n) is 12.8. The molecular weight excluding hydrogens is 315 g/mol. The standard InChI is InChI=1S/C15H18F3NO4/c1-3-4-9-23-11-8-6-5-7-10(11)12(13(20)22-2)19-14(21)15(16,17)18/h5-8,12H,3-4,9H2,1-2H3,(H,19,21). The molecule has 0 heterocycles. The second-order valence-corrected chi connectivity index (χ2v) is 4.67. The van der Waals surface area contributed by atoms with Gasteiger partial charge in [0.25, 0.3) is 0 Å². The number of hydrogen-bond donors (Lipinski definition) is 1. The maximum Gasteiger partial charge on any atom is 0.471 e. The molecule has 0 aromatic heterocycles. The molecule has 0 aliphatic heterocycles. The molecule has 1 amide bonds. The van der Waals surface area contributed by atoms with Crippen LogP contribution < -0.4 is 10.1 Å². The van der Waals surface area contributed by atoms with Crippen molar-refractivity contribution >= 4 is 11.9 Å². The Hall–Kier alpha value is -2.25. The Balaban J connectivity index is 3.08. The third kappa shape index (κ3) is 5.46. The van der Waals surface area contributed by atoms with Gasteiger partial charge in [-0.1, -0.05) is 31.5 Å². The van der Waals surface area contributed by atoms with Gasteiger partial charge in [-0.05, 0) is 12.5 Å². The first-order chi connectivity index (χ1) is 10.8. The van der Waals surface area contributed by atoms with E-state index in [1.54, 1.807) is 11.4 Å². The smallest absolute Gasteiger partial charge is 0.471 e. The van der Waals surface area contributed by atoms with Crippen molar-refractivity contribution in [1.82, 2.24) is 5.32 Å². The molecule has 0 saturated heterocycles. The van der Waals surface area contributed by atoms with Gasteiger partial charge >= 0.3 is 18.1 Å². The van der Waals surface area contributed by atoms with Crippen molar-refractivity contribution in [3.8, 4) is 5.75 Å². The van der Waals surface area contributed by atoms with Crippen molar-refractivity contribution in [3.63, 3.8) is 0 Å². The monoisotopic (exact) mass is 333 g/mol. The lowest BCUT2D eigenvalue weighted by Crippen LogP contribution is -2.42. The Bertz CT molecular complexity index is 546. The highest BCUT2D eigenvalue weighted by molar-refractivity contribution is 5.88. The molecule has 0 aliphatic carbocycles. The number of alkyl halides is 3. The van der Waals surface area contributed by atoms with Crippen molar-refractivity contribution < 1.29 is 32.2 Å². The van der Waals surface area contributed by atoms with Crippen molar-refractivity contribution in [2.75, 3.05) is 13.7 Å². The lowest BCUT2D eigenvalue weighted by atomic mass is 10.1. The van der Waals surface area contributed by atoms with Gasteiger partial charge in [-0.15, -0.1) is 0 Å². The largest absolute Gasteiger partial charge is 0.493 e. The second-order valence-electron chi connectivity index (χ2n) is 4.67. The van der Waals surface area contributed by atoms with Gasteiger partial charge < -0.3 is 14.8 Å². The number of ether oxygens (including phenoxy) is 2. The predicted octanol–water partition coefficient (Wildman–Crippen LogP) is 2.76. The highest BCUT2D eigenvalue weighted by Gasteiger charge is 2.41. The van der Waals surface area contributed by atoms with E-state index in [2.05, 4.69) is 4.74 Å². The Kier molecular flexibility index (Phi) is 6.87. The highest BCUT2D eigenvalue weighted by atomic mass is 19.4. The van der Waals surface area contributed by atoms with Crippen molar-refractivity contribution in [2.45, 2.75) is 32.0 Å². The van der Waals surface area contributed by atoms with E-state index < -0.39 is 24.1 Å². The number of unbranched alkanes of at least 4 members (excludes halogenated alkanes) is 1. The lowest BCUT2D eigenvalue weighted by molar-refractivity contribution is -0.175. The van der Waals surface area contributed by atoms with Gasteiger partial charge in [0.05, 0.1) is 13.7 Å². The number of benzene rings is 1. The van der Waals surface area contributed by atoms with Crippen LogP contribution in [0.2, 0.25) is 0 Å². The van der Waals surface area contributed by atoms with E-state index in [4.69, 9.17) is 4.74 Å². The Morgan fingerprint density at radius 3 is 2.48 bits per heavy atom. The molecule has 5 nitrogen and oxygen atoms in total. The maximum atomic E-state index is 12.4. The predicted molar refractivity (Wildman–Crippen MR) is 75.8 cm³/mol. The topological polar surface area (TPSA) is 64.6 Å². The van der Waals surface area contributed by atoms with Gasteiger partial charge in [0.1, 0.15) is 5.75 Å². The van der Waals surface area contributed by atoms with Crippen LogP contribution in [0.5, 0.6) is 5.75 Å². The maximum absolute atomic E-state index is 12.4. The average Bonchev–Trinajstić information content (AvgIpc) is 2.51. The summed E-state index contributed by atoms with van der Waals surface area (Å²) in [4.78, 5) is 23.0. The number of para-hydroxylation sites is 1. The minimum Gasteiger partial charge on any atom is -0.493 e. The summed E-state index contributed by atoms with van der Waals surface area (Å²) in [5.74, 6) is -3.02. The van der Waals surface area contributed by atoms with Gasteiger partial charge in [-0.2, -0.15) is 13.2 Å². The minimum atomic E-state index is -5.11. The first kappa shape index (κ1) is 18.8. The van der Waals surface area contributed by atoms with Gasteiger partial charge in [-0.3, -0.25) is 4.79 Å². The van der Waals surface area contributed by atoms with E-state index >= 15 is 0 Å². The quantitative estimate of drug-likeness (QED) is 0.615. The second kappa shape index (κ2) is 8.40. The molecule has 128 valence electrons. The molecule has 0 bridgehead atoms. The minimum absolute atomic E-state index is 0.105. The van der Waals surface area contributed by atoms with Crippen molar-refractivity contribution in [2.24, 2.45) is 0 Å². The molecule has 1 N–H and O–H groups in total. The Morgan fingerprint density at radius 2 is 1.91 bits per heavy atom. The van der Waals surface area contributed by atoms with E-state index in [0.717, 1.165) is 20.0 Å². The number of carbonyl (C=O) groups excluding carboxylic acids is 2. The van der Waals surface area contributed by atoms with E-state index in [0.29, 0.717) is 6.61 Å². The first-order valence-corrected chi connectivity index (χ1v) is 6.98. The van der Waals surface area contributed by atoms with Crippen LogP contribution >= 0.6 is 0 Å². The lowest BCUT2D eigenvalue weighted by Gasteiger charge is -2.20. The SMILES string of the molecule is CCCCOc1ccccc1C(NC(=O)C(F)(F)F)C(=O)OC. The number of halogens is 3. The normalized spacial score (nSPS) is 12.4. The van der Waals surface area contributed by atoms with Crippen LogP contribution in [0.4, 0.5) is 13.2 Å². The van der Waals surface area contributed by atoms with Crippen LogP contribution in [0.3, 0.4) is 0 Å². The van der Waals surface area contributed by atoms with E-state index in [9.17, 15) is 22.8 Å². The van der Waals surface area contributed by atoms with Gasteiger partial charge in [-0.25, -0.2) is 4.79 Å². The van der Waals surface area contributed by atoms with Crippen LogP contribution in [0.1, 0.15) is 31.4 Å². The molecule has 0 saturated carbocycles. The Morgan fingerprint density at radius 1 is 1.26 bits per heavy atom. The zero-order valence-corrected chi connectivity index (χ0v) is 12.8. The fourth-order valence-electron chi connectivity index (χ4n) is 1.77. The number of hydrogen-bond acceptors (Lipinski definition) is 4. The first-order valence-electron chi connectivity index (χ1n) is 6.98. The molecule has 0 aliphatic rings. The summed E-state index contributed by atoms with van der Waals surface area (Å²) in [7, 11) is 1.02. The summed E-state index contributed by atoms with van der Waals surface area (Å²) in [6.07, 6.45) is -3.50. The summed E-state index contributed by atoms with van der Waals surface area (Å²) in [6, 6.07) is 4.45. The summed E-state index contributed by atoms with van der Waals surface area (Å²) < 4.78 is 47.3. The molecule has 1 atom stereocenters. The van der Waals surface area contributed by atoms with Crippen LogP contribution in [0.25, 0.3) is 0 Å². The van der Waals surface area contributed by atoms with Crippen LogP contribution in [-0.4, -0.2) is 31.8 Å². The van der Waals surface area contributed by atoms with Crippen molar-refractivity contribution in [1.29, 1.82) is 0 Å². The molecule has 23 heavy (non-hydrogen) atoms. The van der Waals surface area contributed by atoms with Crippen molar-refractivity contribution in [3.05, 3.63) is 29.8 Å². The van der Waals surface area contributed by atoms with Gasteiger partial charge in [0, 0.05) is 5.56 Å². The Labute approximate surface area is 131 Å². The van der Waals surface area contributed by atoms with Gasteiger partial charge in [0.2, 0.25) is 0 Å². The number of esters is 1. The molecule has 0 radical (unpaired) electrons. The zero-order chi connectivity index (χ0) is 17.5.